The van der Waals surface area contributed by atoms with Crippen molar-refractivity contribution in [2.75, 3.05) is 0 Å². The lowest BCUT2D eigenvalue weighted by molar-refractivity contribution is -0.110. The maximum absolute atomic E-state index is 13.3. The van der Waals surface area contributed by atoms with Crippen molar-refractivity contribution < 1.29 is 18.0 Å². The molecule has 3 rings (SSSR count). The number of thiazole rings is 1. The van der Waals surface area contributed by atoms with Crippen LogP contribution in [0.4, 0.5) is 13.2 Å². The monoisotopic (exact) mass is 452 g/mol. The molecular formula is C21H23F3N4O2S. The Hall–Kier alpha value is -3.19. The highest BCUT2D eigenvalue weighted by atomic mass is 32.1. The molecule has 0 saturated carbocycles. The van der Waals surface area contributed by atoms with Gasteiger partial charge in [-0.15, -0.1) is 11.3 Å². The van der Waals surface area contributed by atoms with Crippen molar-refractivity contribution in [3.8, 4) is 6.07 Å². The SMILES string of the molecule is CC.C[C@H](NC=O)c1nc(C#N)cs1.Cc1c(C(C)(F)F)c(=O)[nH]c2ccc(F)cc12. The Bertz CT molecular complexity index is 1130. The van der Waals surface area contributed by atoms with Gasteiger partial charge in [0.15, 0.2) is 5.69 Å². The predicted octanol–water partition coefficient (Wildman–Crippen LogP) is 4.94. The van der Waals surface area contributed by atoms with Crippen LogP contribution in [-0.2, 0) is 10.7 Å². The molecule has 0 radical (unpaired) electrons. The Morgan fingerprint density at radius 1 is 1.35 bits per heavy atom. The zero-order valence-electron chi connectivity index (χ0n) is 17.7. The maximum Gasteiger partial charge on any atom is 0.276 e. The van der Waals surface area contributed by atoms with Crippen molar-refractivity contribution in [1.29, 1.82) is 5.26 Å². The second-order valence-corrected chi connectivity index (χ2v) is 7.11. The van der Waals surface area contributed by atoms with Gasteiger partial charge in [0.2, 0.25) is 6.41 Å². The number of rotatable bonds is 4. The minimum Gasteiger partial charge on any atom is -0.350 e. The molecule has 2 N–H and O–H groups in total. The van der Waals surface area contributed by atoms with Gasteiger partial charge in [0.1, 0.15) is 16.9 Å². The summed E-state index contributed by atoms with van der Waals surface area (Å²) in [5, 5.41) is 13.7. The van der Waals surface area contributed by atoms with Crippen LogP contribution in [0.5, 0.6) is 0 Å². The molecule has 10 heteroatoms. The number of fused-ring (bicyclic) bond motifs is 1. The molecule has 0 aliphatic rings. The Balaban J connectivity index is 0.000000303. The van der Waals surface area contributed by atoms with Gasteiger partial charge in [-0.3, -0.25) is 9.59 Å². The second-order valence-electron chi connectivity index (χ2n) is 6.22. The van der Waals surface area contributed by atoms with E-state index in [0.29, 0.717) is 29.9 Å². The van der Waals surface area contributed by atoms with E-state index in [0.717, 1.165) is 11.1 Å². The van der Waals surface area contributed by atoms with Crippen molar-refractivity contribution in [2.24, 2.45) is 0 Å². The summed E-state index contributed by atoms with van der Waals surface area (Å²) < 4.78 is 39.6. The molecule has 0 aliphatic carbocycles. The summed E-state index contributed by atoms with van der Waals surface area (Å²) in [4.78, 5) is 27.9. The largest absolute Gasteiger partial charge is 0.350 e. The first-order valence-corrected chi connectivity index (χ1v) is 10.2. The lowest BCUT2D eigenvalue weighted by atomic mass is 10.0. The molecule has 166 valence electrons. The summed E-state index contributed by atoms with van der Waals surface area (Å²) >= 11 is 1.37. The summed E-state index contributed by atoms with van der Waals surface area (Å²) in [7, 11) is 0. The van der Waals surface area contributed by atoms with Crippen LogP contribution in [0.15, 0.2) is 28.4 Å². The molecule has 0 saturated heterocycles. The molecule has 31 heavy (non-hydrogen) atoms. The number of pyridine rings is 1. The van der Waals surface area contributed by atoms with Crippen LogP contribution in [0.2, 0.25) is 0 Å². The van der Waals surface area contributed by atoms with E-state index in [1.165, 1.54) is 30.4 Å². The maximum atomic E-state index is 13.3. The number of halogens is 3. The number of hydrogen-bond acceptors (Lipinski definition) is 5. The number of aromatic amines is 1. The summed E-state index contributed by atoms with van der Waals surface area (Å²) in [6.07, 6.45) is 0.623. The fourth-order valence-corrected chi connectivity index (χ4v) is 3.43. The van der Waals surface area contributed by atoms with Gasteiger partial charge < -0.3 is 10.3 Å². The van der Waals surface area contributed by atoms with E-state index < -0.39 is 22.9 Å². The first-order valence-electron chi connectivity index (χ1n) is 9.34. The Kier molecular flexibility index (Phi) is 9.40. The number of nitrogens with zero attached hydrogens (tertiary/aromatic N) is 2. The van der Waals surface area contributed by atoms with Crippen LogP contribution in [-0.4, -0.2) is 16.4 Å². The van der Waals surface area contributed by atoms with Gasteiger partial charge in [0.25, 0.3) is 11.5 Å². The summed E-state index contributed by atoms with van der Waals surface area (Å²) in [5.41, 5.74) is -0.600. The average molecular weight is 453 g/mol. The van der Waals surface area contributed by atoms with Crippen molar-refractivity contribution in [3.63, 3.8) is 0 Å². The van der Waals surface area contributed by atoms with Gasteiger partial charge in [-0.2, -0.15) is 5.26 Å². The molecule has 1 aromatic carbocycles. The molecule has 2 heterocycles. The number of alkyl halides is 2. The van der Waals surface area contributed by atoms with Gasteiger partial charge in [-0.25, -0.2) is 18.2 Å². The molecule has 6 nitrogen and oxygen atoms in total. The van der Waals surface area contributed by atoms with Crippen molar-refractivity contribution in [1.82, 2.24) is 15.3 Å². The third-order valence-electron chi connectivity index (χ3n) is 4.00. The number of aryl methyl sites for hydroxylation is 1. The lowest BCUT2D eigenvalue weighted by Gasteiger charge is -2.14. The zero-order valence-corrected chi connectivity index (χ0v) is 18.5. The minimum atomic E-state index is -3.25. The third kappa shape index (κ3) is 6.65. The Labute approximate surface area is 181 Å². The number of benzene rings is 1. The number of nitriles is 1. The van der Waals surface area contributed by atoms with Gasteiger partial charge in [-0.1, -0.05) is 13.8 Å². The lowest BCUT2D eigenvalue weighted by Crippen LogP contribution is -2.24. The van der Waals surface area contributed by atoms with Gasteiger partial charge in [-0.05, 0) is 37.6 Å². The van der Waals surface area contributed by atoms with E-state index in [-0.39, 0.29) is 11.6 Å². The normalized spacial score (nSPS) is 11.3. The molecular weight excluding hydrogens is 429 g/mol. The summed E-state index contributed by atoms with van der Waals surface area (Å²) in [6.45, 7) is 7.86. The van der Waals surface area contributed by atoms with Crippen LogP contribution in [0, 0.1) is 24.1 Å². The van der Waals surface area contributed by atoms with Gasteiger partial charge >= 0.3 is 0 Å². The summed E-state index contributed by atoms with van der Waals surface area (Å²) in [5.74, 6) is -3.78. The highest BCUT2D eigenvalue weighted by Crippen LogP contribution is 2.30. The molecule has 0 spiro atoms. The van der Waals surface area contributed by atoms with E-state index in [9.17, 15) is 22.8 Å². The number of carbonyl (C=O) groups is 1. The van der Waals surface area contributed by atoms with Crippen LogP contribution in [0.3, 0.4) is 0 Å². The number of carbonyl (C=O) groups excluding carboxylic acids is 1. The van der Waals surface area contributed by atoms with E-state index in [1.54, 1.807) is 5.38 Å². The highest BCUT2D eigenvalue weighted by molar-refractivity contribution is 7.09. The Morgan fingerprint density at radius 3 is 2.52 bits per heavy atom. The van der Waals surface area contributed by atoms with Crippen LogP contribution in [0.25, 0.3) is 10.9 Å². The second kappa shape index (κ2) is 11.3. The number of H-pyrrole nitrogens is 1. The molecule has 2 aromatic heterocycles. The van der Waals surface area contributed by atoms with Gasteiger partial charge in [0.05, 0.1) is 11.6 Å². The number of aromatic nitrogens is 2. The van der Waals surface area contributed by atoms with E-state index in [4.69, 9.17) is 5.26 Å². The molecule has 0 aliphatic heterocycles. The van der Waals surface area contributed by atoms with Crippen LogP contribution < -0.4 is 10.9 Å². The predicted molar refractivity (Wildman–Crippen MR) is 115 cm³/mol. The number of nitrogens with one attached hydrogen (secondary N) is 2. The standard InChI is InChI=1S/C12H10F3NO.C7H7N3OS.C2H6/c1-6-8-5-7(13)3-4-9(8)16-11(17)10(6)12(2,14)15;1-5(9-4-11)7-10-6(2-8)3-12-7;1-2/h3-5H,1-2H3,(H,16,17);3-5H,1H3,(H,9,11);1-2H3/t;5-;/m.0./s1. The van der Waals surface area contributed by atoms with Crippen molar-refractivity contribution in [3.05, 3.63) is 61.6 Å². The first-order chi connectivity index (χ1) is 14.6. The molecule has 0 fully saturated rings. The van der Waals surface area contributed by atoms with Gasteiger partial charge in [0, 0.05) is 23.2 Å². The molecule has 3 aromatic rings. The van der Waals surface area contributed by atoms with Crippen LogP contribution >= 0.6 is 11.3 Å². The molecule has 1 atom stereocenters. The minimum absolute atomic E-state index is 0.107. The van der Waals surface area contributed by atoms with Crippen LogP contribution in [0.1, 0.15) is 55.6 Å². The topological polar surface area (TPSA) is 98.6 Å². The van der Waals surface area contributed by atoms with E-state index >= 15 is 0 Å². The molecule has 0 bridgehead atoms. The molecule has 1 amide bonds. The smallest absolute Gasteiger partial charge is 0.276 e. The zero-order chi connectivity index (χ0) is 23.8. The quantitative estimate of drug-likeness (QED) is 0.548. The third-order valence-corrected chi connectivity index (χ3v) is 5.03. The van der Waals surface area contributed by atoms with E-state index in [2.05, 4.69) is 15.3 Å². The van der Waals surface area contributed by atoms with E-state index in [1.807, 2.05) is 26.8 Å². The highest BCUT2D eigenvalue weighted by Gasteiger charge is 2.31. The Morgan fingerprint density at radius 2 is 2.00 bits per heavy atom. The summed E-state index contributed by atoms with van der Waals surface area (Å²) in [6, 6.07) is 5.47. The fourth-order valence-electron chi connectivity index (χ4n) is 2.67. The number of hydrogen-bond donors (Lipinski definition) is 2. The average Bonchev–Trinajstić information content (AvgIpc) is 3.19. The number of amides is 1. The fraction of sp³-hybridized carbons (Fsp3) is 0.333. The molecule has 0 unspecified atom stereocenters. The van der Waals surface area contributed by atoms with Crippen molar-refractivity contribution >= 4 is 28.6 Å². The first kappa shape index (κ1) is 25.8. The van der Waals surface area contributed by atoms with Crippen molar-refractivity contribution in [2.45, 2.75) is 46.6 Å².